The van der Waals surface area contributed by atoms with E-state index in [1.807, 2.05) is 0 Å². The Bertz CT molecular complexity index is 111. The van der Waals surface area contributed by atoms with Gasteiger partial charge >= 0.3 is 0 Å². The third-order valence-corrected chi connectivity index (χ3v) is 1.53. The first kappa shape index (κ1) is 14.7. The molecule has 0 unspecified atom stereocenters. The Morgan fingerprint density at radius 2 is 1.77 bits per heavy atom. The highest BCUT2D eigenvalue weighted by Gasteiger charge is 1.91. The number of unbranched alkanes of at least 4 members (excludes halogenated alkanes) is 3. The summed E-state index contributed by atoms with van der Waals surface area (Å²) in [5.41, 5.74) is 0. The fourth-order valence-corrected chi connectivity index (χ4v) is 0.905. The fraction of sp³-hybridized carbons (Fsp3) is 0.889. The Labute approximate surface area is 80.2 Å². The van der Waals surface area contributed by atoms with Gasteiger partial charge in [0.05, 0.1) is 20.6 Å². The van der Waals surface area contributed by atoms with Gasteiger partial charge in [0, 0.05) is 0 Å². The summed E-state index contributed by atoms with van der Waals surface area (Å²) in [6.07, 6.45) is 3.49. The van der Waals surface area contributed by atoms with Crippen molar-refractivity contribution in [2.45, 2.75) is 32.6 Å². The van der Waals surface area contributed by atoms with Crippen LogP contribution in [0.4, 0.5) is 4.79 Å². The van der Waals surface area contributed by atoms with Gasteiger partial charge in [0.1, 0.15) is 0 Å². The highest BCUT2D eigenvalue weighted by atomic mass is 16.6. The highest BCUT2D eigenvalue weighted by Crippen LogP contribution is 1.95. The molecule has 0 rings (SSSR count). The molecule has 0 aliphatic carbocycles. The molecular weight excluding hydrogens is 170 g/mol. The molecule has 0 radical (unpaired) electrons. The van der Waals surface area contributed by atoms with Crippen LogP contribution in [0, 0.1) is 0 Å². The van der Waals surface area contributed by atoms with Gasteiger partial charge in [-0.2, -0.15) is 0 Å². The molecule has 0 spiro atoms. The standard InChI is InChI=1S/C8H19N.CH2O3/c1-4-5-6-7-8-9(2)3;2-1(3)4/h4-8H2,1-3H3;(H2,2,3,4). The molecule has 2 N–H and O–H groups in total. The van der Waals surface area contributed by atoms with Crippen molar-refractivity contribution < 1.29 is 19.9 Å². The molecule has 0 saturated carbocycles. The molecule has 0 amide bonds. The quantitative estimate of drug-likeness (QED) is 0.581. The molecule has 0 fully saturated rings. The summed E-state index contributed by atoms with van der Waals surface area (Å²) in [6.45, 7) is 3.59. The van der Waals surface area contributed by atoms with Crippen molar-refractivity contribution in [2.24, 2.45) is 0 Å². The van der Waals surface area contributed by atoms with E-state index in [0.29, 0.717) is 0 Å². The van der Waals surface area contributed by atoms with E-state index in [0.717, 1.165) is 0 Å². The molecule has 80 valence electrons. The normalized spacial score (nSPS) is 9.23. The molecule has 0 aromatic carbocycles. The minimum Gasteiger partial charge on any atom is -0.565 e. The average molecular weight is 191 g/mol. The van der Waals surface area contributed by atoms with Gasteiger partial charge in [-0.25, -0.2) is 0 Å². The molecule has 0 heterocycles. The minimum absolute atomic E-state index is 1.33. The van der Waals surface area contributed by atoms with Crippen LogP contribution in [0.3, 0.4) is 0 Å². The summed E-state index contributed by atoms with van der Waals surface area (Å²) >= 11 is 0. The van der Waals surface area contributed by atoms with E-state index in [-0.39, 0.29) is 0 Å². The number of carboxylic acid groups (broad SMARTS) is 2. The van der Waals surface area contributed by atoms with Crippen LogP contribution < -0.4 is 10.0 Å². The van der Waals surface area contributed by atoms with Gasteiger partial charge in [0.25, 0.3) is 0 Å². The minimum atomic E-state index is -2.08. The Hall–Kier alpha value is -0.770. The molecule has 4 nitrogen and oxygen atoms in total. The van der Waals surface area contributed by atoms with Gasteiger partial charge in [-0.1, -0.05) is 19.8 Å². The summed E-state index contributed by atoms with van der Waals surface area (Å²) in [7, 11) is 4.43. The number of quaternary nitrogens is 1. The molecule has 0 saturated heterocycles. The zero-order valence-corrected chi connectivity index (χ0v) is 8.80. The number of carbonyl (C=O) groups is 1. The van der Waals surface area contributed by atoms with Crippen molar-refractivity contribution in [3.05, 3.63) is 0 Å². The van der Waals surface area contributed by atoms with E-state index in [9.17, 15) is 0 Å². The first-order valence-corrected chi connectivity index (χ1v) is 4.69. The van der Waals surface area contributed by atoms with Crippen molar-refractivity contribution in [3.63, 3.8) is 0 Å². The molecule has 13 heavy (non-hydrogen) atoms. The SMILES string of the molecule is CCCCCC[NH+](C)C.O=C([O-])O. The van der Waals surface area contributed by atoms with Crippen LogP contribution in [-0.4, -0.2) is 31.9 Å². The second kappa shape index (κ2) is 11.2. The predicted molar refractivity (Wildman–Crippen MR) is 49.8 cm³/mol. The second-order valence-electron chi connectivity index (χ2n) is 3.28. The van der Waals surface area contributed by atoms with Crippen LogP contribution in [0.15, 0.2) is 0 Å². The van der Waals surface area contributed by atoms with Crippen molar-refractivity contribution in [2.75, 3.05) is 20.6 Å². The summed E-state index contributed by atoms with van der Waals surface area (Å²) in [5, 5.41) is 15.3. The lowest BCUT2D eigenvalue weighted by atomic mass is 10.2. The number of nitrogens with one attached hydrogen (secondary N) is 1. The molecule has 4 heteroatoms. The smallest absolute Gasteiger partial charge is 0.249 e. The number of hydrogen-bond donors (Lipinski definition) is 2. The topological polar surface area (TPSA) is 64.8 Å². The van der Waals surface area contributed by atoms with E-state index in [1.165, 1.54) is 32.2 Å². The van der Waals surface area contributed by atoms with Crippen molar-refractivity contribution in [1.82, 2.24) is 0 Å². The van der Waals surface area contributed by atoms with Crippen LogP contribution >= 0.6 is 0 Å². The lowest BCUT2D eigenvalue weighted by Gasteiger charge is -2.05. The van der Waals surface area contributed by atoms with Crippen LogP contribution in [-0.2, 0) is 0 Å². The molecule has 0 atom stereocenters. The largest absolute Gasteiger partial charge is 0.565 e. The summed E-state index contributed by atoms with van der Waals surface area (Å²) in [4.78, 5) is 10.0. The zero-order valence-electron chi connectivity index (χ0n) is 8.80. The Balaban J connectivity index is 0. The van der Waals surface area contributed by atoms with Crippen LogP contribution in [0.25, 0.3) is 0 Å². The first-order valence-electron chi connectivity index (χ1n) is 4.69. The lowest BCUT2D eigenvalue weighted by Crippen LogP contribution is -3.05. The van der Waals surface area contributed by atoms with E-state index < -0.39 is 6.16 Å². The van der Waals surface area contributed by atoms with Crippen LogP contribution in [0.2, 0.25) is 0 Å². The third kappa shape index (κ3) is 35.0. The highest BCUT2D eigenvalue weighted by molar-refractivity contribution is 5.50. The molecule has 0 aliphatic heterocycles. The molecule has 0 aromatic rings. The van der Waals surface area contributed by atoms with Crippen LogP contribution in [0.1, 0.15) is 32.6 Å². The lowest BCUT2D eigenvalue weighted by molar-refractivity contribution is -0.858. The Morgan fingerprint density at radius 3 is 2.08 bits per heavy atom. The van der Waals surface area contributed by atoms with Gasteiger partial charge in [-0.15, -0.1) is 0 Å². The maximum Gasteiger partial charge on any atom is 0.249 e. The number of rotatable bonds is 5. The van der Waals surface area contributed by atoms with Crippen LogP contribution in [0.5, 0.6) is 0 Å². The maximum atomic E-state index is 8.44. The van der Waals surface area contributed by atoms with E-state index >= 15 is 0 Å². The predicted octanol–water partition coefficient (Wildman–Crippen LogP) is -0.401. The van der Waals surface area contributed by atoms with Gasteiger partial charge < -0.3 is 19.9 Å². The monoisotopic (exact) mass is 191 g/mol. The summed E-state index contributed by atoms with van der Waals surface area (Å²) < 4.78 is 0. The summed E-state index contributed by atoms with van der Waals surface area (Å²) in [5.74, 6) is 0. The zero-order chi connectivity index (χ0) is 10.7. The van der Waals surface area contributed by atoms with E-state index in [1.54, 1.807) is 4.90 Å². The maximum absolute atomic E-state index is 8.44. The van der Waals surface area contributed by atoms with Crippen molar-refractivity contribution in [1.29, 1.82) is 0 Å². The number of hydrogen-bond acceptors (Lipinski definition) is 2. The first-order chi connectivity index (χ1) is 6.00. The van der Waals surface area contributed by atoms with Gasteiger partial charge in [-0.05, 0) is 12.8 Å². The van der Waals surface area contributed by atoms with E-state index in [2.05, 4.69) is 21.0 Å². The van der Waals surface area contributed by atoms with Crippen molar-refractivity contribution in [3.8, 4) is 0 Å². The molecular formula is C9H21NO3. The summed E-state index contributed by atoms with van der Waals surface area (Å²) in [6, 6.07) is 0. The average Bonchev–Trinajstić information content (AvgIpc) is 1.97. The van der Waals surface area contributed by atoms with Gasteiger partial charge in [-0.3, -0.25) is 0 Å². The van der Waals surface area contributed by atoms with Gasteiger partial charge in [0.2, 0.25) is 6.16 Å². The van der Waals surface area contributed by atoms with E-state index in [4.69, 9.17) is 15.0 Å². The molecule has 0 bridgehead atoms. The second-order valence-corrected chi connectivity index (χ2v) is 3.28. The molecule has 0 aromatic heterocycles. The fourth-order valence-electron chi connectivity index (χ4n) is 0.905. The van der Waals surface area contributed by atoms with Gasteiger partial charge in [0.15, 0.2) is 0 Å². The van der Waals surface area contributed by atoms with Crippen molar-refractivity contribution >= 4 is 6.16 Å². The Morgan fingerprint density at radius 1 is 1.31 bits per heavy atom. The Kier molecular flexibility index (Phi) is 12.7. The molecule has 0 aliphatic rings. The third-order valence-electron chi connectivity index (χ3n) is 1.53.